The monoisotopic (exact) mass is 401 g/mol. The maximum atomic E-state index is 13.4. The molecule has 0 amide bonds. The van der Waals surface area contributed by atoms with Gasteiger partial charge in [0.25, 0.3) is 0 Å². The predicted molar refractivity (Wildman–Crippen MR) is 105 cm³/mol. The van der Waals surface area contributed by atoms with E-state index >= 15 is 0 Å². The van der Waals surface area contributed by atoms with Crippen LogP contribution in [0.3, 0.4) is 0 Å². The van der Waals surface area contributed by atoms with Crippen LogP contribution in [-0.4, -0.2) is 36.0 Å². The van der Waals surface area contributed by atoms with Crippen molar-refractivity contribution in [2.45, 2.75) is 68.6 Å². The Morgan fingerprint density at radius 3 is 2.82 bits per heavy atom. The average Bonchev–Trinajstić information content (AvgIpc) is 3.41. The second-order valence-electron chi connectivity index (χ2n) is 8.55. The number of hydrogen-bond acceptors (Lipinski definition) is 5. The molecule has 28 heavy (non-hydrogen) atoms. The van der Waals surface area contributed by atoms with Crippen LogP contribution < -0.4 is 0 Å². The molecule has 1 saturated heterocycles. The van der Waals surface area contributed by atoms with Crippen LogP contribution in [0.2, 0.25) is 0 Å². The van der Waals surface area contributed by atoms with Gasteiger partial charge in [-0.15, -0.1) is 0 Å². The van der Waals surface area contributed by atoms with Crippen LogP contribution in [0.25, 0.3) is 0 Å². The molecule has 0 radical (unpaired) electrons. The minimum Gasteiger partial charge on any atom is -0.339 e. The quantitative estimate of drug-likeness (QED) is 0.786. The lowest BCUT2D eigenvalue weighted by Gasteiger charge is -2.25. The van der Waals surface area contributed by atoms with Gasteiger partial charge in [0.1, 0.15) is 0 Å². The molecule has 1 saturated carbocycles. The maximum Gasteiger partial charge on any atom is 0.243 e. The number of hydrogen-bond donors (Lipinski definition) is 0. The Kier molecular flexibility index (Phi) is 4.36. The lowest BCUT2D eigenvalue weighted by atomic mass is 9.80. The number of nitrogens with zero attached hydrogens (tertiary/aromatic N) is 3. The highest BCUT2D eigenvalue weighted by atomic mass is 32.2. The van der Waals surface area contributed by atoms with E-state index < -0.39 is 10.0 Å². The highest BCUT2D eigenvalue weighted by Crippen LogP contribution is 2.50. The van der Waals surface area contributed by atoms with Gasteiger partial charge in [-0.05, 0) is 67.7 Å². The molecule has 0 bridgehead atoms. The van der Waals surface area contributed by atoms with Crippen molar-refractivity contribution >= 4 is 10.0 Å². The van der Waals surface area contributed by atoms with Crippen molar-refractivity contribution in [2.75, 3.05) is 13.1 Å². The van der Waals surface area contributed by atoms with Crippen LogP contribution >= 0.6 is 0 Å². The summed E-state index contributed by atoms with van der Waals surface area (Å²) < 4.78 is 33.9. The zero-order valence-corrected chi connectivity index (χ0v) is 17.2. The largest absolute Gasteiger partial charge is 0.339 e. The van der Waals surface area contributed by atoms with E-state index in [9.17, 15) is 8.42 Å². The van der Waals surface area contributed by atoms with Crippen molar-refractivity contribution < 1.29 is 12.9 Å². The molecule has 0 N–H and O–H groups in total. The van der Waals surface area contributed by atoms with Crippen molar-refractivity contribution in [1.82, 2.24) is 14.4 Å². The molecule has 2 aliphatic carbocycles. The van der Waals surface area contributed by atoms with E-state index in [1.54, 1.807) is 10.4 Å². The van der Waals surface area contributed by atoms with E-state index in [1.165, 1.54) is 17.5 Å². The van der Waals surface area contributed by atoms with Crippen LogP contribution in [-0.2, 0) is 34.7 Å². The van der Waals surface area contributed by atoms with Gasteiger partial charge >= 0.3 is 0 Å². The van der Waals surface area contributed by atoms with E-state index in [1.807, 2.05) is 19.1 Å². The van der Waals surface area contributed by atoms with Gasteiger partial charge in [0.2, 0.25) is 15.9 Å². The highest BCUT2D eigenvalue weighted by Gasteiger charge is 2.56. The lowest BCUT2D eigenvalue weighted by Crippen LogP contribution is -2.35. The Morgan fingerprint density at radius 1 is 1.21 bits per heavy atom. The van der Waals surface area contributed by atoms with Gasteiger partial charge in [-0.25, -0.2) is 8.42 Å². The lowest BCUT2D eigenvalue weighted by molar-refractivity contribution is 0.329. The summed E-state index contributed by atoms with van der Waals surface area (Å²) in [6.45, 7) is 3.00. The standard InChI is InChI=1S/C21H27N3O3S/c1-2-19-22-20(23-27-19)21-11-5-8-17(21)13-24(14-21)28(25,26)18-10-9-15-6-3-4-7-16(15)12-18/h9-10,12,17H,2-8,11,13-14H2,1H3. The van der Waals surface area contributed by atoms with E-state index in [0.29, 0.717) is 36.1 Å². The van der Waals surface area contributed by atoms with Crippen LogP contribution in [0.15, 0.2) is 27.6 Å². The average molecular weight is 402 g/mol. The third-order valence-corrected chi connectivity index (χ3v) is 8.82. The van der Waals surface area contributed by atoms with E-state index in [-0.39, 0.29) is 11.3 Å². The first-order valence-electron chi connectivity index (χ1n) is 10.5. The normalized spacial score (nSPS) is 27.7. The second kappa shape index (κ2) is 6.66. The van der Waals surface area contributed by atoms with Crippen LogP contribution in [0, 0.1) is 5.92 Å². The maximum absolute atomic E-state index is 13.4. The second-order valence-corrected chi connectivity index (χ2v) is 10.5. The topological polar surface area (TPSA) is 76.3 Å². The Hall–Kier alpha value is -1.73. The summed E-state index contributed by atoms with van der Waals surface area (Å²) in [6.07, 6.45) is 8.11. The summed E-state index contributed by atoms with van der Waals surface area (Å²) >= 11 is 0. The molecular weight excluding hydrogens is 374 g/mol. The molecule has 150 valence electrons. The summed E-state index contributed by atoms with van der Waals surface area (Å²) in [7, 11) is -3.51. The van der Waals surface area contributed by atoms with Crippen LogP contribution in [0.5, 0.6) is 0 Å². The Balaban J connectivity index is 1.47. The molecule has 6 nitrogen and oxygen atoms in total. The third kappa shape index (κ3) is 2.74. The summed E-state index contributed by atoms with van der Waals surface area (Å²) in [5.41, 5.74) is 2.21. The fourth-order valence-electron chi connectivity index (χ4n) is 5.41. The molecule has 1 aromatic carbocycles. The molecular formula is C21H27N3O3S. The van der Waals surface area contributed by atoms with Crippen LogP contribution in [0.4, 0.5) is 0 Å². The molecule has 2 heterocycles. The molecule has 2 unspecified atom stereocenters. The van der Waals surface area contributed by atoms with Gasteiger partial charge in [0.15, 0.2) is 5.82 Å². The zero-order chi connectivity index (χ0) is 19.4. The molecule has 1 aliphatic heterocycles. The number of aromatic nitrogens is 2. The van der Waals surface area contributed by atoms with Gasteiger partial charge in [-0.2, -0.15) is 9.29 Å². The molecule has 1 aromatic heterocycles. The highest BCUT2D eigenvalue weighted by molar-refractivity contribution is 7.89. The first-order chi connectivity index (χ1) is 13.5. The van der Waals surface area contributed by atoms with Gasteiger partial charge in [0.05, 0.1) is 10.3 Å². The smallest absolute Gasteiger partial charge is 0.243 e. The van der Waals surface area contributed by atoms with Crippen molar-refractivity contribution in [3.63, 3.8) is 0 Å². The molecule has 0 spiro atoms. The molecule has 2 fully saturated rings. The molecule has 2 aromatic rings. The molecule has 5 rings (SSSR count). The van der Waals surface area contributed by atoms with E-state index in [4.69, 9.17) is 4.52 Å². The Morgan fingerprint density at radius 2 is 2.04 bits per heavy atom. The number of sulfonamides is 1. The first kappa shape index (κ1) is 18.3. The van der Waals surface area contributed by atoms with Gasteiger partial charge < -0.3 is 4.52 Å². The number of fused-ring (bicyclic) bond motifs is 2. The number of rotatable bonds is 4. The molecule has 7 heteroatoms. The fourth-order valence-corrected chi connectivity index (χ4v) is 7.02. The first-order valence-corrected chi connectivity index (χ1v) is 11.9. The fraction of sp³-hybridized carbons (Fsp3) is 0.619. The van der Waals surface area contributed by atoms with Gasteiger partial charge in [0, 0.05) is 19.5 Å². The summed E-state index contributed by atoms with van der Waals surface area (Å²) in [5.74, 6) is 1.60. The molecule has 3 aliphatic rings. The SMILES string of the molecule is CCc1nc(C23CCCC2CN(S(=O)(=O)c2ccc4c(c2)CCCC4)C3)no1. The van der Waals surface area contributed by atoms with Crippen molar-refractivity contribution in [1.29, 1.82) is 0 Å². The summed E-state index contributed by atoms with van der Waals surface area (Å²) in [4.78, 5) is 5.03. The number of aryl methyl sites for hydroxylation is 3. The van der Waals surface area contributed by atoms with Crippen molar-refractivity contribution in [3.05, 3.63) is 41.0 Å². The predicted octanol–water partition coefficient (Wildman–Crippen LogP) is 3.25. The van der Waals surface area contributed by atoms with Gasteiger partial charge in [-0.1, -0.05) is 24.6 Å². The van der Waals surface area contributed by atoms with Crippen LogP contribution in [0.1, 0.15) is 61.9 Å². The Bertz CT molecular complexity index is 1000. The van der Waals surface area contributed by atoms with Crippen molar-refractivity contribution in [3.8, 4) is 0 Å². The summed E-state index contributed by atoms with van der Waals surface area (Å²) in [6, 6.07) is 5.72. The van der Waals surface area contributed by atoms with E-state index in [2.05, 4.69) is 10.1 Å². The minimum atomic E-state index is -3.51. The van der Waals surface area contributed by atoms with E-state index in [0.717, 1.165) is 38.5 Å². The Labute approximate surface area is 166 Å². The van der Waals surface area contributed by atoms with Crippen molar-refractivity contribution in [2.24, 2.45) is 5.92 Å². The zero-order valence-electron chi connectivity index (χ0n) is 16.4. The molecule has 2 atom stereocenters. The summed E-state index contributed by atoms with van der Waals surface area (Å²) in [5, 5.41) is 4.24. The minimum absolute atomic E-state index is 0.266. The third-order valence-electron chi connectivity index (χ3n) is 7.01. The van der Waals surface area contributed by atoms with Gasteiger partial charge in [-0.3, -0.25) is 0 Å². The number of benzene rings is 1.